The van der Waals surface area contributed by atoms with Crippen molar-refractivity contribution in [3.8, 4) is 5.75 Å². The molecule has 0 saturated heterocycles. The van der Waals surface area contributed by atoms with Crippen LogP contribution in [0.25, 0.3) is 0 Å². The van der Waals surface area contributed by atoms with Crippen molar-refractivity contribution in [2.75, 3.05) is 0 Å². The minimum absolute atomic E-state index is 0.109. The van der Waals surface area contributed by atoms with Gasteiger partial charge in [0.15, 0.2) is 0 Å². The highest BCUT2D eigenvalue weighted by Crippen LogP contribution is 2.29. The maximum absolute atomic E-state index is 11.9. The summed E-state index contributed by atoms with van der Waals surface area (Å²) in [6.45, 7) is -3.02. The van der Waals surface area contributed by atoms with Gasteiger partial charge in [-0.05, 0) is 24.1 Å². The molecular weight excluding hydrogens is 259 g/mol. The molecule has 0 aliphatic rings. The third-order valence-corrected chi connectivity index (χ3v) is 2.17. The molecule has 0 aromatic heterocycles. The number of ether oxygens (including phenoxy) is 1. The topological polar surface area (TPSA) is 29.5 Å². The molecule has 2 nitrogen and oxygen atoms in total. The summed E-state index contributed by atoms with van der Waals surface area (Å²) >= 11 is 0. The first-order valence-electron chi connectivity index (χ1n) is 5.07. The first-order chi connectivity index (χ1) is 8.28. The molecule has 1 unspecified atom stereocenters. The zero-order chi connectivity index (χ0) is 13.8. The van der Waals surface area contributed by atoms with Crippen LogP contribution in [0.3, 0.4) is 0 Å². The van der Waals surface area contributed by atoms with Gasteiger partial charge in [-0.1, -0.05) is 12.1 Å². The standard InChI is InChI=1S/C11H11F5O2/c12-10(13)18-8-3-1-2-7(6-8)9(17)4-5-11(14,15)16/h1-3,6,9-10,17H,4-5H2. The van der Waals surface area contributed by atoms with Gasteiger partial charge in [-0.25, -0.2) is 0 Å². The van der Waals surface area contributed by atoms with E-state index in [9.17, 15) is 27.1 Å². The molecule has 0 spiro atoms. The molecule has 1 aromatic carbocycles. The quantitative estimate of drug-likeness (QED) is 0.827. The molecule has 1 rings (SSSR count). The highest BCUT2D eigenvalue weighted by atomic mass is 19.4. The molecule has 0 radical (unpaired) electrons. The molecule has 0 fully saturated rings. The molecule has 1 aromatic rings. The van der Waals surface area contributed by atoms with Crippen molar-refractivity contribution < 1.29 is 31.8 Å². The van der Waals surface area contributed by atoms with E-state index in [1.54, 1.807) is 0 Å². The van der Waals surface area contributed by atoms with Crippen LogP contribution in [-0.4, -0.2) is 17.9 Å². The Balaban J connectivity index is 2.65. The average molecular weight is 270 g/mol. The number of aliphatic hydroxyl groups excluding tert-OH is 1. The van der Waals surface area contributed by atoms with Gasteiger partial charge in [-0.15, -0.1) is 0 Å². The molecule has 0 amide bonds. The fraction of sp³-hybridized carbons (Fsp3) is 0.455. The van der Waals surface area contributed by atoms with Gasteiger partial charge in [0, 0.05) is 6.42 Å². The minimum atomic E-state index is -4.36. The Morgan fingerprint density at radius 1 is 1.22 bits per heavy atom. The maximum Gasteiger partial charge on any atom is 0.389 e. The molecular formula is C11H11F5O2. The highest BCUT2D eigenvalue weighted by Gasteiger charge is 2.28. The van der Waals surface area contributed by atoms with Gasteiger partial charge in [0.2, 0.25) is 0 Å². The van der Waals surface area contributed by atoms with E-state index in [2.05, 4.69) is 4.74 Å². The fourth-order valence-electron chi connectivity index (χ4n) is 1.37. The number of hydrogen-bond donors (Lipinski definition) is 1. The van der Waals surface area contributed by atoms with Crippen LogP contribution < -0.4 is 4.74 Å². The molecule has 7 heteroatoms. The van der Waals surface area contributed by atoms with Gasteiger partial charge in [-0.3, -0.25) is 0 Å². The zero-order valence-corrected chi connectivity index (χ0v) is 9.12. The van der Waals surface area contributed by atoms with Crippen LogP contribution in [0, 0.1) is 0 Å². The number of alkyl halides is 5. The summed E-state index contributed by atoms with van der Waals surface area (Å²) in [5, 5.41) is 9.50. The zero-order valence-electron chi connectivity index (χ0n) is 9.12. The van der Waals surface area contributed by atoms with Crippen LogP contribution in [0.1, 0.15) is 24.5 Å². The van der Waals surface area contributed by atoms with E-state index >= 15 is 0 Å². The Hall–Kier alpha value is -1.37. The number of hydrogen-bond acceptors (Lipinski definition) is 2. The fourth-order valence-corrected chi connectivity index (χ4v) is 1.37. The Labute approximate surface area is 100.0 Å². The lowest BCUT2D eigenvalue weighted by Crippen LogP contribution is -2.10. The summed E-state index contributed by atoms with van der Waals surface area (Å²) in [6, 6.07) is 4.99. The molecule has 0 aliphatic carbocycles. The normalized spacial score (nSPS) is 13.7. The Morgan fingerprint density at radius 3 is 2.44 bits per heavy atom. The van der Waals surface area contributed by atoms with Crippen LogP contribution in [0.15, 0.2) is 24.3 Å². The van der Waals surface area contributed by atoms with Gasteiger partial charge in [0.1, 0.15) is 5.75 Å². The smallest absolute Gasteiger partial charge is 0.389 e. The predicted octanol–water partition coefficient (Wildman–Crippen LogP) is 3.66. The van der Waals surface area contributed by atoms with E-state index in [1.165, 1.54) is 18.2 Å². The second-order valence-electron chi connectivity index (χ2n) is 3.62. The third kappa shape index (κ3) is 5.31. The van der Waals surface area contributed by atoms with Crippen molar-refractivity contribution in [2.45, 2.75) is 31.7 Å². The summed E-state index contributed by atoms with van der Waals surface area (Å²) in [5.74, 6) is -0.200. The number of aliphatic hydroxyl groups is 1. The van der Waals surface area contributed by atoms with E-state index < -0.39 is 31.7 Å². The highest BCUT2D eigenvalue weighted by molar-refractivity contribution is 5.29. The molecule has 0 saturated carbocycles. The lowest BCUT2D eigenvalue weighted by Gasteiger charge is -2.13. The van der Waals surface area contributed by atoms with Gasteiger partial charge < -0.3 is 9.84 Å². The van der Waals surface area contributed by atoms with Crippen LogP contribution in [-0.2, 0) is 0 Å². The second kappa shape index (κ2) is 5.99. The lowest BCUT2D eigenvalue weighted by molar-refractivity contribution is -0.140. The van der Waals surface area contributed by atoms with Crippen LogP contribution in [0.2, 0.25) is 0 Å². The van der Waals surface area contributed by atoms with Crippen molar-refractivity contribution in [2.24, 2.45) is 0 Å². The van der Waals surface area contributed by atoms with Gasteiger partial charge in [0.25, 0.3) is 0 Å². The summed E-state index contributed by atoms with van der Waals surface area (Å²) in [6.07, 6.45) is -7.40. The van der Waals surface area contributed by atoms with E-state index in [-0.39, 0.29) is 11.3 Å². The summed E-state index contributed by atoms with van der Waals surface area (Å²) < 4.78 is 63.8. The molecule has 0 aliphatic heterocycles. The number of benzene rings is 1. The maximum atomic E-state index is 11.9. The number of rotatable bonds is 5. The van der Waals surface area contributed by atoms with E-state index in [4.69, 9.17) is 0 Å². The lowest BCUT2D eigenvalue weighted by atomic mass is 10.0. The van der Waals surface area contributed by atoms with Crippen LogP contribution >= 0.6 is 0 Å². The van der Waals surface area contributed by atoms with E-state index in [1.807, 2.05) is 0 Å². The Kier molecular flexibility index (Phi) is 4.89. The van der Waals surface area contributed by atoms with Crippen LogP contribution in [0.4, 0.5) is 22.0 Å². The third-order valence-electron chi connectivity index (χ3n) is 2.17. The first-order valence-corrected chi connectivity index (χ1v) is 5.07. The van der Waals surface area contributed by atoms with Gasteiger partial charge >= 0.3 is 12.8 Å². The molecule has 0 bridgehead atoms. The summed E-state index contributed by atoms with van der Waals surface area (Å²) in [4.78, 5) is 0. The molecule has 102 valence electrons. The molecule has 1 N–H and O–H groups in total. The predicted molar refractivity (Wildman–Crippen MR) is 53.3 cm³/mol. The van der Waals surface area contributed by atoms with Crippen molar-refractivity contribution in [1.82, 2.24) is 0 Å². The van der Waals surface area contributed by atoms with Gasteiger partial charge in [0.05, 0.1) is 6.10 Å². The van der Waals surface area contributed by atoms with E-state index in [0.29, 0.717) is 0 Å². The minimum Gasteiger partial charge on any atom is -0.435 e. The van der Waals surface area contributed by atoms with Crippen molar-refractivity contribution in [3.63, 3.8) is 0 Å². The Morgan fingerprint density at radius 2 is 1.89 bits per heavy atom. The van der Waals surface area contributed by atoms with Crippen molar-refractivity contribution in [1.29, 1.82) is 0 Å². The molecule has 1 atom stereocenters. The number of halogens is 5. The van der Waals surface area contributed by atoms with Crippen molar-refractivity contribution in [3.05, 3.63) is 29.8 Å². The first kappa shape index (κ1) is 14.7. The summed E-state index contributed by atoms with van der Waals surface area (Å²) in [5.41, 5.74) is 0.109. The SMILES string of the molecule is OC(CCC(F)(F)F)c1cccc(OC(F)F)c1. The second-order valence-corrected chi connectivity index (χ2v) is 3.62. The monoisotopic (exact) mass is 270 g/mol. The largest absolute Gasteiger partial charge is 0.435 e. The Bertz CT molecular complexity index is 378. The van der Waals surface area contributed by atoms with Gasteiger partial charge in [-0.2, -0.15) is 22.0 Å². The average Bonchev–Trinajstić information content (AvgIpc) is 2.24. The summed E-state index contributed by atoms with van der Waals surface area (Å²) in [7, 11) is 0. The van der Waals surface area contributed by atoms with Crippen LogP contribution in [0.5, 0.6) is 5.75 Å². The van der Waals surface area contributed by atoms with E-state index in [0.717, 1.165) is 6.07 Å². The molecule has 0 heterocycles. The molecule has 18 heavy (non-hydrogen) atoms. The van der Waals surface area contributed by atoms with Crippen molar-refractivity contribution >= 4 is 0 Å².